The molecule has 0 saturated heterocycles. The van der Waals surface area contributed by atoms with Gasteiger partial charge in [0.25, 0.3) is 0 Å². The largest absolute Gasteiger partial charge is 0.510 e. The van der Waals surface area contributed by atoms with Crippen LogP contribution in [0.4, 0.5) is 0 Å². The van der Waals surface area contributed by atoms with Crippen molar-refractivity contribution >= 4 is 17.3 Å². The van der Waals surface area contributed by atoms with Crippen molar-refractivity contribution in [3.63, 3.8) is 0 Å². The second-order valence-corrected chi connectivity index (χ2v) is 11.8. The van der Waals surface area contributed by atoms with E-state index in [0.29, 0.717) is 19.3 Å². The summed E-state index contributed by atoms with van der Waals surface area (Å²) >= 11 is 0. The number of carbonyl (C=O) groups excluding carboxylic acids is 3. The molecule has 0 heterocycles. The van der Waals surface area contributed by atoms with Crippen molar-refractivity contribution in [2.45, 2.75) is 98.2 Å². The van der Waals surface area contributed by atoms with Crippen LogP contribution in [-0.2, 0) is 14.4 Å². The Labute approximate surface area is 197 Å². The molecule has 1 spiro atoms. The van der Waals surface area contributed by atoms with E-state index in [1.807, 2.05) is 26.8 Å². The molecule has 6 nitrogen and oxygen atoms in total. The molecule has 3 rings (SSSR count). The first-order valence-corrected chi connectivity index (χ1v) is 12.2. The Morgan fingerprint density at radius 3 is 2.27 bits per heavy atom. The van der Waals surface area contributed by atoms with E-state index in [0.717, 1.165) is 5.57 Å². The molecule has 3 aliphatic rings. The van der Waals surface area contributed by atoms with Gasteiger partial charge < -0.3 is 15.3 Å². The van der Waals surface area contributed by atoms with Gasteiger partial charge in [-0.3, -0.25) is 14.4 Å². The molecule has 0 aromatic heterocycles. The molecule has 3 N–H and O–H groups in total. The second kappa shape index (κ2) is 8.16. The van der Waals surface area contributed by atoms with Crippen molar-refractivity contribution in [1.82, 2.24) is 0 Å². The highest BCUT2D eigenvalue weighted by molar-refractivity contribution is 6.31. The normalized spacial score (nSPS) is 41.8. The highest BCUT2D eigenvalue weighted by Crippen LogP contribution is 2.62. The summed E-state index contributed by atoms with van der Waals surface area (Å²) in [6, 6.07) is 0. The molecule has 2 fully saturated rings. The first-order valence-electron chi connectivity index (χ1n) is 12.2. The molecule has 1 unspecified atom stereocenters. The van der Waals surface area contributed by atoms with Gasteiger partial charge in [0.2, 0.25) is 0 Å². The summed E-state index contributed by atoms with van der Waals surface area (Å²) in [6.45, 7) is 12.2. The van der Waals surface area contributed by atoms with E-state index < -0.39 is 57.0 Å². The van der Waals surface area contributed by atoms with Gasteiger partial charge in [0, 0.05) is 5.92 Å². The fourth-order valence-corrected chi connectivity index (χ4v) is 6.53. The van der Waals surface area contributed by atoms with Crippen LogP contribution in [0, 0.1) is 28.6 Å². The lowest BCUT2D eigenvalue weighted by Gasteiger charge is -2.54. The maximum Gasteiger partial charge on any atom is 0.183 e. The van der Waals surface area contributed by atoms with Crippen molar-refractivity contribution in [3.8, 4) is 0 Å². The summed E-state index contributed by atoms with van der Waals surface area (Å²) in [5.41, 5.74) is -4.92. The van der Waals surface area contributed by atoms with Gasteiger partial charge >= 0.3 is 0 Å². The molecule has 0 aliphatic heterocycles. The number of aliphatic hydroxyl groups excluding tert-OH is 1. The van der Waals surface area contributed by atoms with Crippen LogP contribution in [0.5, 0.6) is 0 Å². The third kappa shape index (κ3) is 3.83. The highest BCUT2D eigenvalue weighted by Gasteiger charge is 2.68. The number of hydrogen-bond acceptors (Lipinski definition) is 6. The predicted octanol–water partition coefficient (Wildman–Crippen LogP) is 4.24. The number of fused-ring (bicyclic) bond motifs is 1. The quantitative estimate of drug-likeness (QED) is 0.321. The first kappa shape index (κ1) is 25.8. The van der Waals surface area contributed by atoms with Gasteiger partial charge in [-0.05, 0) is 85.0 Å². The van der Waals surface area contributed by atoms with Gasteiger partial charge in [-0.2, -0.15) is 0 Å². The molecule has 3 aliphatic carbocycles. The van der Waals surface area contributed by atoms with Crippen LogP contribution < -0.4 is 0 Å². The van der Waals surface area contributed by atoms with Crippen LogP contribution in [0.3, 0.4) is 0 Å². The Balaban J connectivity index is 2.28. The maximum atomic E-state index is 14.2. The van der Waals surface area contributed by atoms with Gasteiger partial charge in [0.1, 0.15) is 11.3 Å². The van der Waals surface area contributed by atoms with Gasteiger partial charge in [-0.1, -0.05) is 25.5 Å². The molecule has 6 heteroatoms. The summed E-state index contributed by atoms with van der Waals surface area (Å²) in [4.78, 5) is 41.2. The molecule has 7 atom stereocenters. The van der Waals surface area contributed by atoms with Crippen molar-refractivity contribution in [2.75, 3.05) is 0 Å². The molecule has 33 heavy (non-hydrogen) atoms. The SMILES string of the molecule is CCC(C)C(=O)C1=C(O)[C@]2(C[C@H]3[C@@H](CC[C@@]3(C)O)[C@](C)(O)C2)C(=O)[C@](C)(CC=C(C)C)C1=O. The molecular formula is C27H40O6. The molecular weight excluding hydrogens is 420 g/mol. The first-order chi connectivity index (χ1) is 15.0. The minimum Gasteiger partial charge on any atom is -0.510 e. The second-order valence-electron chi connectivity index (χ2n) is 11.8. The fourth-order valence-electron chi connectivity index (χ4n) is 6.53. The lowest BCUT2D eigenvalue weighted by molar-refractivity contribution is -0.167. The van der Waals surface area contributed by atoms with Crippen LogP contribution in [-0.4, -0.2) is 43.9 Å². The Kier molecular flexibility index (Phi) is 6.38. The average molecular weight is 461 g/mol. The number of ketones is 3. The van der Waals surface area contributed by atoms with E-state index in [9.17, 15) is 29.7 Å². The molecule has 0 bridgehead atoms. The van der Waals surface area contributed by atoms with Crippen molar-refractivity contribution in [2.24, 2.45) is 28.6 Å². The van der Waals surface area contributed by atoms with Gasteiger partial charge in [-0.15, -0.1) is 0 Å². The molecule has 2 saturated carbocycles. The number of carbonyl (C=O) groups is 3. The van der Waals surface area contributed by atoms with E-state index >= 15 is 0 Å². The van der Waals surface area contributed by atoms with Crippen LogP contribution in [0.1, 0.15) is 87.0 Å². The Morgan fingerprint density at radius 2 is 1.73 bits per heavy atom. The van der Waals surface area contributed by atoms with Gasteiger partial charge in [0.15, 0.2) is 17.3 Å². The molecule has 0 radical (unpaired) electrons. The summed E-state index contributed by atoms with van der Waals surface area (Å²) in [5, 5.41) is 34.1. The molecule has 0 aromatic carbocycles. The minimum absolute atomic E-state index is 0.0725. The molecule has 184 valence electrons. The number of Topliss-reactive ketones (excluding diaryl/α,β-unsaturated/α-hetero) is 3. The fraction of sp³-hybridized carbons (Fsp3) is 0.741. The zero-order valence-electron chi connectivity index (χ0n) is 21.1. The van der Waals surface area contributed by atoms with E-state index in [1.54, 1.807) is 27.7 Å². The smallest absolute Gasteiger partial charge is 0.183 e. The highest BCUT2D eigenvalue weighted by atomic mass is 16.3. The number of allylic oxidation sites excluding steroid dienone is 4. The van der Waals surface area contributed by atoms with Gasteiger partial charge in [-0.25, -0.2) is 0 Å². The number of rotatable bonds is 5. The maximum absolute atomic E-state index is 14.2. The van der Waals surface area contributed by atoms with Crippen LogP contribution in [0.2, 0.25) is 0 Å². The summed E-state index contributed by atoms with van der Waals surface area (Å²) in [6.07, 6.45) is 3.56. The third-order valence-corrected chi connectivity index (χ3v) is 8.85. The summed E-state index contributed by atoms with van der Waals surface area (Å²) in [5.74, 6) is -3.22. The van der Waals surface area contributed by atoms with Crippen LogP contribution >= 0.6 is 0 Å². The summed E-state index contributed by atoms with van der Waals surface area (Å²) in [7, 11) is 0. The van der Waals surface area contributed by atoms with E-state index in [1.165, 1.54) is 0 Å². The number of hydrogen-bond donors (Lipinski definition) is 3. The van der Waals surface area contributed by atoms with E-state index in [4.69, 9.17) is 0 Å². The summed E-state index contributed by atoms with van der Waals surface area (Å²) < 4.78 is 0. The van der Waals surface area contributed by atoms with Crippen LogP contribution in [0.15, 0.2) is 23.0 Å². The lowest BCUT2D eigenvalue weighted by Crippen LogP contribution is -2.61. The monoisotopic (exact) mass is 460 g/mol. The Bertz CT molecular complexity index is 934. The zero-order chi connectivity index (χ0) is 25.1. The predicted molar refractivity (Wildman–Crippen MR) is 125 cm³/mol. The standard InChI is InChI=1S/C27H40O6/c1-8-16(4)20(28)19-21(29)24(5,11-9-15(2)3)23(31)27(22(19)30)13-18-17(26(7,33)14-27)10-12-25(18,6)32/h9,16-18,30,32-33H,8,10-14H2,1-7H3/t16?,17-,18+,24-,25-,26-,27-/m1/s1. The lowest BCUT2D eigenvalue weighted by atomic mass is 9.49. The van der Waals surface area contributed by atoms with Gasteiger partial charge in [0.05, 0.1) is 22.0 Å². The minimum atomic E-state index is -1.59. The number of aliphatic hydroxyl groups is 3. The topological polar surface area (TPSA) is 112 Å². The van der Waals surface area contributed by atoms with E-state index in [-0.39, 0.29) is 30.8 Å². The average Bonchev–Trinajstić information content (AvgIpc) is 3.04. The Morgan fingerprint density at radius 1 is 1.12 bits per heavy atom. The van der Waals surface area contributed by atoms with Crippen molar-refractivity contribution < 1.29 is 29.7 Å². The Hall–Kier alpha value is -1.79. The molecule has 0 aromatic rings. The van der Waals surface area contributed by atoms with E-state index in [2.05, 4.69) is 0 Å². The van der Waals surface area contributed by atoms with Crippen LogP contribution in [0.25, 0.3) is 0 Å². The van der Waals surface area contributed by atoms with Crippen molar-refractivity contribution in [3.05, 3.63) is 23.0 Å². The zero-order valence-corrected chi connectivity index (χ0v) is 21.1. The van der Waals surface area contributed by atoms with Crippen molar-refractivity contribution in [1.29, 1.82) is 0 Å². The third-order valence-electron chi connectivity index (χ3n) is 8.85. The molecule has 0 amide bonds.